The molecule has 0 saturated carbocycles. The highest BCUT2D eigenvalue weighted by Crippen LogP contribution is 2.16. The van der Waals surface area contributed by atoms with Crippen molar-refractivity contribution in [2.24, 2.45) is 0 Å². The maximum absolute atomic E-state index is 8.59. The van der Waals surface area contributed by atoms with Crippen LogP contribution in [0.15, 0.2) is 0 Å². The summed E-state index contributed by atoms with van der Waals surface area (Å²) in [6.07, 6.45) is 39.3. The Labute approximate surface area is 214 Å². The zero-order chi connectivity index (χ0) is 24.8. The summed E-state index contributed by atoms with van der Waals surface area (Å²) >= 11 is 0. The lowest BCUT2D eigenvalue weighted by Crippen LogP contribution is -2.10. The Morgan fingerprint density at radius 2 is 0.559 bits per heavy atom. The molecule has 0 atom stereocenters. The molecule has 0 heterocycles. The maximum atomic E-state index is 8.59. The molecule has 0 aromatic rings. The van der Waals surface area contributed by atoms with E-state index in [1.54, 1.807) is 0 Å². The van der Waals surface area contributed by atoms with E-state index >= 15 is 0 Å². The molecule has 0 aliphatic heterocycles. The molecule has 2 N–H and O–H groups in total. The maximum Gasteiger partial charge on any atom is 0.266 e. The fourth-order valence-corrected chi connectivity index (χ4v) is 4.96. The summed E-state index contributed by atoms with van der Waals surface area (Å²) in [7, 11) is 0. The quantitative estimate of drug-likeness (QED) is 0.0787. The van der Waals surface area contributed by atoms with Crippen molar-refractivity contribution in [3.8, 4) is 0 Å². The Morgan fingerprint density at radius 3 is 0.765 bits per heavy atom. The third kappa shape index (κ3) is 31.9. The SMILES string of the molecule is CCCCCCCCCCCCCCCCCCCCCCCCCCCCCCOC(O)O. The van der Waals surface area contributed by atoms with Gasteiger partial charge in [0.2, 0.25) is 0 Å². The van der Waals surface area contributed by atoms with E-state index in [4.69, 9.17) is 14.9 Å². The summed E-state index contributed by atoms with van der Waals surface area (Å²) in [5.41, 5.74) is 0. The highest BCUT2D eigenvalue weighted by molar-refractivity contribution is 4.52. The van der Waals surface area contributed by atoms with Gasteiger partial charge in [-0.25, -0.2) is 0 Å². The molecule has 3 nitrogen and oxygen atoms in total. The predicted octanol–water partition coefficient (Wildman–Crippen LogP) is 10.2. The second-order valence-corrected chi connectivity index (χ2v) is 10.7. The molecule has 0 aliphatic carbocycles. The van der Waals surface area contributed by atoms with Crippen molar-refractivity contribution in [2.75, 3.05) is 6.61 Å². The van der Waals surface area contributed by atoms with E-state index in [2.05, 4.69) is 6.92 Å². The molecule has 0 aliphatic rings. The Morgan fingerprint density at radius 1 is 0.353 bits per heavy atom. The summed E-state index contributed by atoms with van der Waals surface area (Å²) in [6.45, 7) is 1.15. The molecule has 3 heteroatoms. The number of ether oxygens (including phenoxy) is 1. The Hall–Kier alpha value is -0.120. The number of hydrogen-bond acceptors (Lipinski definition) is 3. The van der Waals surface area contributed by atoms with Crippen molar-refractivity contribution >= 4 is 0 Å². The number of rotatable bonds is 30. The van der Waals surface area contributed by atoms with Gasteiger partial charge in [-0.1, -0.05) is 180 Å². The van der Waals surface area contributed by atoms with Crippen molar-refractivity contribution in [2.45, 2.75) is 193 Å². The van der Waals surface area contributed by atoms with Crippen LogP contribution in [0.5, 0.6) is 0 Å². The van der Waals surface area contributed by atoms with Crippen LogP contribution in [0.3, 0.4) is 0 Å². The normalized spacial score (nSPS) is 11.6. The standard InChI is InChI=1S/C31H64O3/c1-2-3-4-5-6-7-8-9-10-11-12-13-14-15-16-17-18-19-20-21-22-23-24-25-26-27-28-29-30-34-31(32)33/h31-33H,2-30H2,1H3. The van der Waals surface area contributed by atoms with E-state index in [9.17, 15) is 0 Å². The summed E-state index contributed by atoms with van der Waals surface area (Å²) < 4.78 is 4.71. The van der Waals surface area contributed by atoms with Gasteiger partial charge in [0.15, 0.2) is 0 Å². The largest absolute Gasteiger partial charge is 0.346 e. The van der Waals surface area contributed by atoms with E-state index < -0.39 is 6.48 Å². The van der Waals surface area contributed by atoms with Gasteiger partial charge >= 0.3 is 0 Å². The summed E-state index contributed by atoms with van der Waals surface area (Å²) in [4.78, 5) is 0. The first kappa shape index (κ1) is 33.9. The molecule has 0 rings (SSSR count). The van der Waals surface area contributed by atoms with Gasteiger partial charge < -0.3 is 14.9 Å². The Balaban J connectivity index is 3.00. The highest BCUT2D eigenvalue weighted by Gasteiger charge is 1.98. The van der Waals surface area contributed by atoms with Gasteiger partial charge in [0.05, 0.1) is 6.61 Å². The van der Waals surface area contributed by atoms with Crippen LogP contribution in [0.2, 0.25) is 0 Å². The van der Waals surface area contributed by atoms with Gasteiger partial charge in [0.1, 0.15) is 0 Å². The van der Waals surface area contributed by atoms with Gasteiger partial charge in [-0.3, -0.25) is 0 Å². The fraction of sp³-hybridized carbons (Fsp3) is 1.00. The number of hydrogen-bond donors (Lipinski definition) is 2. The van der Waals surface area contributed by atoms with Crippen molar-refractivity contribution < 1.29 is 14.9 Å². The lowest BCUT2D eigenvalue weighted by molar-refractivity contribution is -0.234. The van der Waals surface area contributed by atoms with E-state index in [1.165, 1.54) is 167 Å². The Bertz CT molecular complexity index is 346. The lowest BCUT2D eigenvalue weighted by Gasteiger charge is -2.05. The lowest BCUT2D eigenvalue weighted by atomic mass is 10.0. The van der Waals surface area contributed by atoms with E-state index in [-0.39, 0.29) is 0 Å². The smallest absolute Gasteiger partial charge is 0.266 e. The fourth-order valence-electron chi connectivity index (χ4n) is 4.96. The van der Waals surface area contributed by atoms with Crippen LogP contribution < -0.4 is 0 Å². The minimum absolute atomic E-state index is 0.455. The molecule has 0 fully saturated rings. The monoisotopic (exact) mass is 484 g/mol. The van der Waals surface area contributed by atoms with Crippen LogP contribution >= 0.6 is 0 Å². The van der Waals surface area contributed by atoms with E-state index in [0.717, 1.165) is 12.8 Å². The topological polar surface area (TPSA) is 49.7 Å². The average Bonchev–Trinajstić information content (AvgIpc) is 2.83. The molecule has 0 aromatic carbocycles. The molecule has 0 amide bonds. The number of aliphatic hydroxyl groups is 2. The highest BCUT2D eigenvalue weighted by atomic mass is 16.7. The zero-order valence-corrected chi connectivity index (χ0v) is 23.4. The summed E-state index contributed by atoms with van der Waals surface area (Å²) in [5, 5.41) is 17.2. The summed E-state index contributed by atoms with van der Waals surface area (Å²) in [5.74, 6) is 0. The van der Waals surface area contributed by atoms with Crippen LogP contribution in [0, 0.1) is 0 Å². The number of aliphatic hydroxyl groups excluding tert-OH is 1. The van der Waals surface area contributed by atoms with Gasteiger partial charge in [-0.2, -0.15) is 0 Å². The van der Waals surface area contributed by atoms with Crippen molar-refractivity contribution in [3.05, 3.63) is 0 Å². The van der Waals surface area contributed by atoms with Crippen LogP contribution in [-0.2, 0) is 4.74 Å². The van der Waals surface area contributed by atoms with Gasteiger partial charge in [0.25, 0.3) is 6.48 Å². The first-order valence-corrected chi connectivity index (χ1v) is 15.7. The average molecular weight is 485 g/mol. The second kappa shape index (κ2) is 30.9. The van der Waals surface area contributed by atoms with E-state index in [1.807, 2.05) is 0 Å². The van der Waals surface area contributed by atoms with Crippen molar-refractivity contribution in [3.63, 3.8) is 0 Å². The first-order chi connectivity index (χ1) is 16.8. The van der Waals surface area contributed by atoms with Crippen molar-refractivity contribution in [1.82, 2.24) is 0 Å². The van der Waals surface area contributed by atoms with Crippen LogP contribution in [0.1, 0.15) is 187 Å². The third-order valence-corrected chi connectivity index (χ3v) is 7.26. The van der Waals surface area contributed by atoms with Gasteiger partial charge in [-0.05, 0) is 6.42 Å². The van der Waals surface area contributed by atoms with Crippen LogP contribution in [0.25, 0.3) is 0 Å². The molecule has 34 heavy (non-hydrogen) atoms. The first-order valence-electron chi connectivity index (χ1n) is 15.7. The molecule has 0 unspecified atom stereocenters. The molecule has 0 bridgehead atoms. The Kier molecular flexibility index (Phi) is 30.8. The number of unbranched alkanes of at least 4 members (excludes halogenated alkanes) is 27. The second-order valence-electron chi connectivity index (χ2n) is 10.7. The minimum Gasteiger partial charge on any atom is -0.346 e. The molecule has 0 radical (unpaired) electrons. The molecular weight excluding hydrogens is 420 g/mol. The summed E-state index contributed by atoms with van der Waals surface area (Å²) in [6, 6.07) is 0. The zero-order valence-electron chi connectivity index (χ0n) is 23.4. The van der Waals surface area contributed by atoms with Crippen LogP contribution in [0.4, 0.5) is 0 Å². The molecule has 0 saturated heterocycles. The minimum atomic E-state index is -1.60. The van der Waals surface area contributed by atoms with Crippen molar-refractivity contribution in [1.29, 1.82) is 0 Å². The molecule has 0 spiro atoms. The molecule has 0 aromatic heterocycles. The van der Waals surface area contributed by atoms with E-state index in [0.29, 0.717) is 6.61 Å². The van der Waals surface area contributed by atoms with Gasteiger partial charge in [-0.15, -0.1) is 0 Å². The molecular formula is C31H64O3. The van der Waals surface area contributed by atoms with Gasteiger partial charge in [0, 0.05) is 0 Å². The molecule has 206 valence electrons. The van der Waals surface area contributed by atoms with Crippen LogP contribution in [-0.4, -0.2) is 23.3 Å². The third-order valence-electron chi connectivity index (χ3n) is 7.26. The predicted molar refractivity (Wildman–Crippen MR) is 149 cm³/mol.